The number of alkyl halides is 3. The number of rotatable bonds is 3. The molecule has 4 aromatic rings. The number of benzene rings is 1. The summed E-state index contributed by atoms with van der Waals surface area (Å²) in [7, 11) is 0. The lowest BCUT2D eigenvalue weighted by molar-refractivity contribution is -0.143. The molecule has 1 amide bonds. The fourth-order valence-electron chi connectivity index (χ4n) is 2.73. The van der Waals surface area contributed by atoms with Crippen LogP contribution in [0.3, 0.4) is 0 Å². The number of pyridine rings is 1. The number of halogens is 3. The van der Waals surface area contributed by atoms with E-state index in [1.54, 1.807) is 30.3 Å². The number of nitrogens with one attached hydrogen (secondary N) is 1. The Hall–Kier alpha value is -3.82. The van der Waals surface area contributed by atoms with E-state index in [0.29, 0.717) is 10.1 Å². The van der Waals surface area contributed by atoms with E-state index in [4.69, 9.17) is 0 Å². The summed E-state index contributed by atoms with van der Waals surface area (Å²) in [5.41, 5.74) is -1.92. The van der Waals surface area contributed by atoms with E-state index >= 15 is 0 Å². The van der Waals surface area contributed by atoms with Crippen molar-refractivity contribution in [3.63, 3.8) is 0 Å². The van der Waals surface area contributed by atoms with Crippen LogP contribution in [0.4, 0.5) is 19.0 Å². The molecule has 0 aliphatic heterocycles. The molecule has 1 aromatic carbocycles. The van der Waals surface area contributed by atoms with Crippen molar-refractivity contribution < 1.29 is 18.0 Å². The Morgan fingerprint density at radius 1 is 0.964 bits per heavy atom. The van der Waals surface area contributed by atoms with Gasteiger partial charge in [-0.2, -0.15) is 23.0 Å². The fraction of sp³-hybridized carbons (Fsp3) is 0.0556. The third-order valence-electron chi connectivity index (χ3n) is 3.93. The molecule has 0 saturated carbocycles. The molecule has 0 aliphatic rings. The van der Waals surface area contributed by atoms with Gasteiger partial charge in [0.25, 0.3) is 11.9 Å². The Morgan fingerprint density at radius 3 is 2.46 bits per heavy atom. The van der Waals surface area contributed by atoms with Gasteiger partial charge in [0.15, 0.2) is 5.69 Å². The predicted molar refractivity (Wildman–Crippen MR) is 93.9 cm³/mol. The van der Waals surface area contributed by atoms with E-state index in [-0.39, 0.29) is 11.8 Å². The number of anilines is 1. The zero-order valence-electron chi connectivity index (χ0n) is 14.1. The highest BCUT2D eigenvalue weighted by Crippen LogP contribution is 2.33. The smallest absolute Gasteiger partial charge is 0.306 e. The summed E-state index contributed by atoms with van der Waals surface area (Å²) in [6.45, 7) is 0. The van der Waals surface area contributed by atoms with Gasteiger partial charge in [-0.3, -0.25) is 4.79 Å². The van der Waals surface area contributed by atoms with Crippen molar-refractivity contribution in [2.45, 2.75) is 6.18 Å². The maximum Gasteiger partial charge on any atom is 0.434 e. The molecule has 0 unspecified atom stereocenters. The van der Waals surface area contributed by atoms with Crippen molar-refractivity contribution in [3.8, 4) is 5.95 Å². The largest absolute Gasteiger partial charge is 0.434 e. The minimum absolute atomic E-state index is 0.153. The molecule has 1 N–H and O–H groups in total. The zero-order valence-corrected chi connectivity index (χ0v) is 14.1. The molecule has 0 saturated heterocycles. The minimum atomic E-state index is -4.85. The summed E-state index contributed by atoms with van der Waals surface area (Å²) in [6, 6.07) is 10.3. The van der Waals surface area contributed by atoms with Crippen LogP contribution in [0.25, 0.3) is 16.7 Å². The molecule has 0 spiro atoms. The van der Waals surface area contributed by atoms with E-state index in [1.165, 1.54) is 24.7 Å². The standard InChI is InChI=1S/C18H11F3N6O/c19-18(20,21)14-13(10-25-27(14)17-23-7-3-8-24-17)16(28)26-15-12-5-2-1-4-11(12)6-9-22-15/h1-10H,(H,22,26,28). The monoisotopic (exact) mass is 384 g/mol. The number of hydrogen-bond acceptors (Lipinski definition) is 5. The van der Waals surface area contributed by atoms with Gasteiger partial charge in [-0.1, -0.05) is 24.3 Å². The Morgan fingerprint density at radius 2 is 1.71 bits per heavy atom. The van der Waals surface area contributed by atoms with Crippen molar-refractivity contribution in [1.82, 2.24) is 24.7 Å². The number of aromatic nitrogens is 5. The number of nitrogens with zero attached hydrogens (tertiary/aromatic N) is 5. The molecule has 0 atom stereocenters. The van der Waals surface area contributed by atoms with Crippen LogP contribution < -0.4 is 5.32 Å². The van der Waals surface area contributed by atoms with Gasteiger partial charge in [-0.05, 0) is 17.5 Å². The second kappa shape index (κ2) is 6.72. The van der Waals surface area contributed by atoms with Gasteiger partial charge in [0, 0.05) is 24.0 Å². The van der Waals surface area contributed by atoms with Crippen molar-refractivity contribution in [3.05, 3.63) is 72.4 Å². The lowest BCUT2D eigenvalue weighted by atomic mass is 10.1. The Labute approximate surface area is 155 Å². The minimum Gasteiger partial charge on any atom is -0.306 e. The van der Waals surface area contributed by atoms with Gasteiger partial charge in [0.05, 0.1) is 11.8 Å². The van der Waals surface area contributed by atoms with E-state index in [9.17, 15) is 18.0 Å². The van der Waals surface area contributed by atoms with Gasteiger partial charge in [0.2, 0.25) is 0 Å². The van der Waals surface area contributed by atoms with Crippen LogP contribution in [-0.2, 0) is 6.18 Å². The van der Waals surface area contributed by atoms with E-state index in [0.717, 1.165) is 11.6 Å². The summed E-state index contributed by atoms with van der Waals surface area (Å²) in [5.74, 6) is -1.13. The number of carbonyl (C=O) groups is 1. The average molecular weight is 384 g/mol. The summed E-state index contributed by atoms with van der Waals surface area (Å²) in [5, 5.41) is 7.49. The lowest BCUT2D eigenvalue weighted by Crippen LogP contribution is -2.21. The van der Waals surface area contributed by atoms with Crippen LogP contribution in [0.15, 0.2) is 61.2 Å². The zero-order chi connectivity index (χ0) is 19.7. The Kier molecular flexibility index (Phi) is 4.22. The van der Waals surface area contributed by atoms with Crippen molar-refractivity contribution in [2.24, 2.45) is 0 Å². The van der Waals surface area contributed by atoms with Crippen LogP contribution >= 0.6 is 0 Å². The molecule has 0 radical (unpaired) electrons. The highest BCUT2D eigenvalue weighted by Gasteiger charge is 2.41. The normalized spacial score (nSPS) is 11.5. The molecule has 7 nitrogen and oxygen atoms in total. The predicted octanol–water partition coefficient (Wildman–Crippen LogP) is 3.48. The van der Waals surface area contributed by atoms with Gasteiger partial charge < -0.3 is 5.32 Å². The highest BCUT2D eigenvalue weighted by molar-refractivity contribution is 6.08. The molecule has 28 heavy (non-hydrogen) atoms. The van der Waals surface area contributed by atoms with E-state index in [1.807, 2.05) is 0 Å². The third-order valence-corrected chi connectivity index (χ3v) is 3.93. The molecule has 4 rings (SSSR count). The van der Waals surface area contributed by atoms with Crippen molar-refractivity contribution >= 4 is 22.5 Å². The van der Waals surface area contributed by atoms with Crippen LogP contribution in [0.5, 0.6) is 0 Å². The number of carbonyl (C=O) groups excluding carboxylic acids is 1. The third kappa shape index (κ3) is 3.15. The molecular weight excluding hydrogens is 373 g/mol. The summed E-state index contributed by atoms with van der Waals surface area (Å²) in [4.78, 5) is 24.2. The molecule has 3 aromatic heterocycles. The number of fused-ring (bicyclic) bond motifs is 1. The SMILES string of the molecule is O=C(Nc1nccc2ccccc12)c1cnn(-c2ncccn2)c1C(F)(F)F. The van der Waals surface area contributed by atoms with Crippen LogP contribution in [0.1, 0.15) is 16.1 Å². The quantitative estimate of drug-likeness (QED) is 0.585. The first-order valence-corrected chi connectivity index (χ1v) is 8.03. The summed E-state index contributed by atoms with van der Waals surface area (Å²) < 4.78 is 41.5. The molecule has 0 bridgehead atoms. The molecule has 0 fully saturated rings. The van der Waals surface area contributed by atoms with Crippen molar-refractivity contribution in [2.75, 3.05) is 5.32 Å². The van der Waals surface area contributed by atoms with Gasteiger partial charge in [-0.25, -0.2) is 15.0 Å². The van der Waals surface area contributed by atoms with E-state index in [2.05, 4.69) is 25.4 Å². The number of hydrogen-bond donors (Lipinski definition) is 1. The second-order valence-electron chi connectivity index (χ2n) is 5.70. The first-order valence-electron chi connectivity index (χ1n) is 8.03. The first-order chi connectivity index (χ1) is 13.4. The maximum absolute atomic E-state index is 13.7. The maximum atomic E-state index is 13.7. The van der Waals surface area contributed by atoms with Crippen LogP contribution in [-0.4, -0.2) is 30.6 Å². The summed E-state index contributed by atoms with van der Waals surface area (Å²) in [6.07, 6.45) is 0.00588. The van der Waals surface area contributed by atoms with Gasteiger partial charge in [0.1, 0.15) is 5.82 Å². The van der Waals surface area contributed by atoms with Crippen LogP contribution in [0.2, 0.25) is 0 Å². The molecule has 10 heteroatoms. The second-order valence-corrected chi connectivity index (χ2v) is 5.70. The highest BCUT2D eigenvalue weighted by atomic mass is 19.4. The number of amides is 1. The van der Waals surface area contributed by atoms with E-state index < -0.39 is 23.3 Å². The molecule has 3 heterocycles. The molecular formula is C18H11F3N6O. The Balaban J connectivity index is 1.77. The fourth-order valence-corrected chi connectivity index (χ4v) is 2.73. The van der Waals surface area contributed by atoms with Gasteiger partial charge >= 0.3 is 6.18 Å². The Bertz CT molecular complexity index is 1150. The average Bonchev–Trinajstić information content (AvgIpc) is 3.15. The molecule has 0 aliphatic carbocycles. The first kappa shape index (κ1) is 17.6. The lowest BCUT2D eigenvalue weighted by Gasteiger charge is -2.12. The van der Waals surface area contributed by atoms with Gasteiger partial charge in [-0.15, -0.1) is 0 Å². The molecule has 140 valence electrons. The van der Waals surface area contributed by atoms with Crippen molar-refractivity contribution in [1.29, 1.82) is 0 Å². The summed E-state index contributed by atoms with van der Waals surface area (Å²) >= 11 is 0. The van der Waals surface area contributed by atoms with Crippen LogP contribution in [0, 0.1) is 0 Å². The topological polar surface area (TPSA) is 85.6 Å².